The SMILES string of the molecule is c1ccc(-c2ccc(-c3ccc(N(c4ccc5c6ccccc6n(-c6ccccc6)c5c4)c4cccc5c4oc4ccccc45)cc3-c3ccccc3)cc2)cc1. The van der Waals surface area contributed by atoms with Crippen LogP contribution in [0, 0.1) is 0 Å². The van der Waals surface area contributed by atoms with Gasteiger partial charge in [0.2, 0.25) is 0 Å². The molecule has 0 aliphatic rings. The van der Waals surface area contributed by atoms with Crippen LogP contribution >= 0.6 is 0 Å². The molecule has 0 bridgehead atoms. The fraction of sp³-hybridized carbons (Fsp3) is 0. The molecule has 0 aliphatic heterocycles. The maximum Gasteiger partial charge on any atom is 0.159 e. The Morgan fingerprint density at radius 3 is 1.70 bits per heavy atom. The van der Waals surface area contributed by atoms with E-state index >= 15 is 0 Å². The van der Waals surface area contributed by atoms with Gasteiger partial charge in [-0.3, -0.25) is 0 Å². The summed E-state index contributed by atoms with van der Waals surface area (Å²) in [4.78, 5) is 2.37. The molecule has 0 fully saturated rings. The first-order chi connectivity index (χ1) is 28.3. The van der Waals surface area contributed by atoms with Crippen molar-refractivity contribution in [3.8, 4) is 39.1 Å². The van der Waals surface area contributed by atoms with E-state index in [1.165, 1.54) is 38.5 Å². The predicted molar refractivity (Wildman–Crippen MR) is 239 cm³/mol. The Balaban J connectivity index is 1.16. The van der Waals surface area contributed by atoms with Gasteiger partial charge in [-0.1, -0.05) is 164 Å². The minimum atomic E-state index is 0.851. The molecule has 0 atom stereocenters. The zero-order valence-electron chi connectivity index (χ0n) is 31.1. The minimum absolute atomic E-state index is 0.851. The van der Waals surface area contributed by atoms with Crippen LogP contribution in [-0.4, -0.2) is 4.57 Å². The molecule has 0 radical (unpaired) electrons. The average molecular weight is 729 g/mol. The van der Waals surface area contributed by atoms with Crippen LogP contribution in [0.4, 0.5) is 17.1 Å². The largest absolute Gasteiger partial charge is 0.454 e. The molecule has 11 rings (SSSR count). The molecule has 0 saturated heterocycles. The fourth-order valence-corrected chi connectivity index (χ4v) is 8.54. The quantitative estimate of drug-likeness (QED) is 0.163. The molecule has 3 nitrogen and oxygen atoms in total. The lowest BCUT2D eigenvalue weighted by Gasteiger charge is -2.27. The second-order valence-corrected chi connectivity index (χ2v) is 14.5. The molecule has 0 aliphatic carbocycles. The van der Waals surface area contributed by atoms with Crippen molar-refractivity contribution in [1.29, 1.82) is 0 Å². The number of hydrogen-bond acceptors (Lipinski definition) is 2. The van der Waals surface area contributed by atoms with Gasteiger partial charge in [0, 0.05) is 38.6 Å². The Morgan fingerprint density at radius 2 is 0.912 bits per heavy atom. The van der Waals surface area contributed by atoms with E-state index in [0.717, 1.165) is 61.3 Å². The number of para-hydroxylation sites is 4. The second kappa shape index (κ2) is 13.6. The lowest BCUT2D eigenvalue weighted by molar-refractivity contribution is 0.669. The third-order valence-corrected chi connectivity index (χ3v) is 11.2. The van der Waals surface area contributed by atoms with E-state index in [9.17, 15) is 0 Å². The first kappa shape index (κ1) is 32.8. The maximum atomic E-state index is 6.74. The Kier molecular flexibility index (Phi) is 7.82. The molecule has 0 amide bonds. The van der Waals surface area contributed by atoms with E-state index < -0.39 is 0 Å². The van der Waals surface area contributed by atoms with E-state index in [2.05, 4.69) is 222 Å². The van der Waals surface area contributed by atoms with Crippen LogP contribution in [0.15, 0.2) is 223 Å². The summed E-state index contributed by atoms with van der Waals surface area (Å²) in [6.07, 6.45) is 0. The average Bonchev–Trinajstić information content (AvgIpc) is 3.84. The summed E-state index contributed by atoms with van der Waals surface area (Å²) in [7, 11) is 0. The summed E-state index contributed by atoms with van der Waals surface area (Å²) in [6.45, 7) is 0. The van der Waals surface area contributed by atoms with E-state index in [1.54, 1.807) is 0 Å². The Bertz CT molecular complexity index is 3220. The lowest BCUT2D eigenvalue weighted by atomic mass is 9.92. The van der Waals surface area contributed by atoms with Crippen LogP contribution in [0.5, 0.6) is 0 Å². The van der Waals surface area contributed by atoms with Crippen molar-refractivity contribution >= 4 is 60.8 Å². The summed E-state index contributed by atoms with van der Waals surface area (Å²) < 4.78 is 9.13. The minimum Gasteiger partial charge on any atom is -0.454 e. The fourth-order valence-electron chi connectivity index (χ4n) is 8.54. The number of anilines is 3. The standard InChI is InChI=1S/C54H36N2O/c1-4-15-37(16-5-1)38-27-29-40(30-28-38)44-33-31-42(35-49(44)39-17-6-2-7-18-39)55(51-25-14-23-48-47-22-11-13-26-53(47)57-54(48)51)43-32-34-46-45-21-10-12-24-50(45)56(52(46)36-43)41-19-8-3-9-20-41/h1-36H. The molecular formula is C54H36N2O. The highest BCUT2D eigenvalue weighted by molar-refractivity contribution is 6.12. The number of nitrogens with zero attached hydrogens (tertiary/aromatic N) is 2. The van der Waals surface area contributed by atoms with Crippen molar-refractivity contribution in [3.63, 3.8) is 0 Å². The van der Waals surface area contributed by atoms with Gasteiger partial charge in [0.05, 0.1) is 16.7 Å². The highest BCUT2D eigenvalue weighted by atomic mass is 16.3. The summed E-state index contributed by atoms with van der Waals surface area (Å²) in [5.41, 5.74) is 15.3. The van der Waals surface area contributed by atoms with E-state index in [-0.39, 0.29) is 0 Å². The third-order valence-electron chi connectivity index (χ3n) is 11.2. The molecule has 57 heavy (non-hydrogen) atoms. The van der Waals surface area contributed by atoms with Gasteiger partial charge >= 0.3 is 0 Å². The predicted octanol–water partition coefficient (Wildman–Crippen LogP) is 15.2. The van der Waals surface area contributed by atoms with Gasteiger partial charge in [-0.05, 0) is 88.0 Å². The van der Waals surface area contributed by atoms with Gasteiger partial charge in [-0.2, -0.15) is 0 Å². The Hall–Kier alpha value is -7.62. The van der Waals surface area contributed by atoms with Crippen molar-refractivity contribution in [3.05, 3.63) is 218 Å². The van der Waals surface area contributed by atoms with E-state index in [4.69, 9.17) is 4.42 Å². The molecule has 0 spiro atoms. The smallest absolute Gasteiger partial charge is 0.159 e. The van der Waals surface area contributed by atoms with Crippen molar-refractivity contribution in [1.82, 2.24) is 4.57 Å². The number of benzene rings is 9. The van der Waals surface area contributed by atoms with Gasteiger partial charge in [-0.15, -0.1) is 0 Å². The van der Waals surface area contributed by atoms with Crippen molar-refractivity contribution in [2.24, 2.45) is 0 Å². The van der Waals surface area contributed by atoms with E-state index in [1.807, 2.05) is 6.07 Å². The third kappa shape index (κ3) is 5.60. The van der Waals surface area contributed by atoms with Gasteiger partial charge < -0.3 is 13.9 Å². The van der Waals surface area contributed by atoms with Crippen LogP contribution < -0.4 is 4.90 Å². The maximum absolute atomic E-state index is 6.74. The molecule has 2 aromatic heterocycles. The van der Waals surface area contributed by atoms with Gasteiger partial charge in [0.25, 0.3) is 0 Å². The summed E-state index contributed by atoms with van der Waals surface area (Å²) >= 11 is 0. The van der Waals surface area contributed by atoms with Crippen molar-refractivity contribution in [2.75, 3.05) is 4.90 Å². The van der Waals surface area contributed by atoms with Gasteiger partial charge in [-0.25, -0.2) is 0 Å². The monoisotopic (exact) mass is 728 g/mol. The zero-order valence-corrected chi connectivity index (χ0v) is 31.1. The molecule has 3 heteroatoms. The first-order valence-corrected chi connectivity index (χ1v) is 19.4. The van der Waals surface area contributed by atoms with Crippen molar-refractivity contribution < 1.29 is 4.42 Å². The van der Waals surface area contributed by atoms with Crippen LogP contribution in [-0.2, 0) is 0 Å². The number of rotatable bonds is 7. The zero-order chi connectivity index (χ0) is 37.7. The Morgan fingerprint density at radius 1 is 0.351 bits per heavy atom. The van der Waals surface area contributed by atoms with Gasteiger partial charge in [0.1, 0.15) is 5.58 Å². The lowest BCUT2D eigenvalue weighted by Crippen LogP contribution is -2.11. The molecule has 268 valence electrons. The molecule has 0 saturated carbocycles. The topological polar surface area (TPSA) is 21.3 Å². The molecular weight excluding hydrogens is 693 g/mol. The number of fused-ring (bicyclic) bond motifs is 6. The highest BCUT2D eigenvalue weighted by Gasteiger charge is 2.23. The first-order valence-electron chi connectivity index (χ1n) is 19.4. The molecule has 11 aromatic rings. The molecule has 9 aromatic carbocycles. The number of hydrogen-bond donors (Lipinski definition) is 0. The van der Waals surface area contributed by atoms with Crippen LogP contribution in [0.25, 0.3) is 82.8 Å². The number of furan rings is 1. The highest BCUT2D eigenvalue weighted by Crippen LogP contribution is 2.46. The van der Waals surface area contributed by atoms with Crippen LogP contribution in [0.3, 0.4) is 0 Å². The number of aromatic nitrogens is 1. The molecule has 0 unspecified atom stereocenters. The van der Waals surface area contributed by atoms with Crippen molar-refractivity contribution in [2.45, 2.75) is 0 Å². The van der Waals surface area contributed by atoms with Crippen LogP contribution in [0.1, 0.15) is 0 Å². The summed E-state index contributed by atoms with van der Waals surface area (Å²) in [5.74, 6) is 0. The van der Waals surface area contributed by atoms with E-state index in [0.29, 0.717) is 0 Å². The normalized spacial score (nSPS) is 11.5. The van der Waals surface area contributed by atoms with Crippen LogP contribution in [0.2, 0.25) is 0 Å². The summed E-state index contributed by atoms with van der Waals surface area (Å²) in [6, 6.07) is 78.1. The molecule has 0 N–H and O–H groups in total. The summed E-state index contributed by atoms with van der Waals surface area (Å²) in [5, 5.41) is 4.63. The molecule has 2 heterocycles. The van der Waals surface area contributed by atoms with Gasteiger partial charge in [0.15, 0.2) is 5.58 Å². The second-order valence-electron chi connectivity index (χ2n) is 14.5. The Labute approximate surface area is 330 Å².